The lowest BCUT2D eigenvalue weighted by molar-refractivity contribution is 0.114. The first-order chi connectivity index (χ1) is 6.45. The summed E-state index contributed by atoms with van der Waals surface area (Å²) in [5.41, 5.74) is 0.856. The van der Waals surface area contributed by atoms with Crippen molar-refractivity contribution in [1.82, 2.24) is 0 Å². The SMILES string of the molecule is N#Cc1ccc(C(O)C(F)(Br)Br)cc1. The van der Waals surface area contributed by atoms with Gasteiger partial charge in [0.1, 0.15) is 6.10 Å². The zero-order chi connectivity index (χ0) is 10.8. The van der Waals surface area contributed by atoms with Crippen molar-refractivity contribution in [3.63, 3.8) is 0 Å². The molecular formula is C9H6Br2FNO. The maximum absolute atomic E-state index is 13.2. The van der Waals surface area contributed by atoms with E-state index in [9.17, 15) is 9.50 Å². The lowest BCUT2D eigenvalue weighted by Gasteiger charge is -2.18. The van der Waals surface area contributed by atoms with Crippen LogP contribution in [0.2, 0.25) is 0 Å². The third kappa shape index (κ3) is 2.77. The molecule has 0 aliphatic carbocycles. The monoisotopic (exact) mass is 321 g/mol. The molecule has 0 aliphatic heterocycles. The summed E-state index contributed by atoms with van der Waals surface area (Å²) in [4.78, 5) is 0. The number of aliphatic hydroxyl groups is 1. The van der Waals surface area contributed by atoms with Crippen molar-refractivity contribution >= 4 is 31.9 Å². The minimum Gasteiger partial charge on any atom is -0.383 e. The van der Waals surface area contributed by atoms with Crippen molar-refractivity contribution in [1.29, 1.82) is 5.26 Å². The topological polar surface area (TPSA) is 44.0 Å². The molecule has 0 saturated carbocycles. The van der Waals surface area contributed by atoms with Crippen molar-refractivity contribution in [2.24, 2.45) is 0 Å². The van der Waals surface area contributed by atoms with Crippen molar-refractivity contribution in [3.05, 3.63) is 35.4 Å². The Morgan fingerprint density at radius 1 is 1.36 bits per heavy atom. The molecule has 0 spiro atoms. The second kappa shape index (κ2) is 4.39. The summed E-state index contributed by atoms with van der Waals surface area (Å²) in [7, 11) is 0. The Balaban J connectivity index is 2.94. The van der Waals surface area contributed by atoms with E-state index in [0.717, 1.165) is 0 Å². The van der Waals surface area contributed by atoms with Gasteiger partial charge < -0.3 is 5.11 Å². The quantitative estimate of drug-likeness (QED) is 0.851. The lowest BCUT2D eigenvalue weighted by atomic mass is 10.1. The van der Waals surface area contributed by atoms with E-state index in [0.29, 0.717) is 11.1 Å². The Kier molecular flexibility index (Phi) is 3.65. The van der Waals surface area contributed by atoms with Gasteiger partial charge in [0.2, 0.25) is 3.49 Å². The molecule has 0 fully saturated rings. The predicted molar refractivity (Wildman–Crippen MR) is 57.8 cm³/mol. The number of halogens is 3. The Morgan fingerprint density at radius 2 is 1.86 bits per heavy atom. The maximum atomic E-state index is 13.2. The van der Waals surface area contributed by atoms with Crippen LogP contribution in [-0.2, 0) is 0 Å². The molecule has 1 aromatic carbocycles. The van der Waals surface area contributed by atoms with Crippen LogP contribution in [0.1, 0.15) is 17.2 Å². The van der Waals surface area contributed by atoms with Crippen LogP contribution in [0.15, 0.2) is 24.3 Å². The zero-order valence-electron chi connectivity index (χ0n) is 6.92. The van der Waals surface area contributed by atoms with E-state index < -0.39 is 9.59 Å². The van der Waals surface area contributed by atoms with Gasteiger partial charge in [0.15, 0.2) is 0 Å². The number of rotatable bonds is 2. The number of hydrogen-bond acceptors (Lipinski definition) is 2. The van der Waals surface area contributed by atoms with Gasteiger partial charge in [-0.05, 0) is 49.6 Å². The van der Waals surface area contributed by atoms with E-state index in [1.807, 2.05) is 6.07 Å². The van der Waals surface area contributed by atoms with Crippen molar-refractivity contribution in [2.75, 3.05) is 0 Å². The first kappa shape index (κ1) is 11.6. The second-order valence-electron chi connectivity index (χ2n) is 2.68. The molecule has 14 heavy (non-hydrogen) atoms. The van der Waals surface area contributed by atoms with Crippen LogP contribution in [0, 0.1) is 11.3 Å². The standard InChI is InChI=1S/C9H6Br2FNO/c10-9(11,12)8(14)7-3-1-6(5-13)2-4-7/h1-4,8,14H. The molecule has 1 unspecified atom stereocenters. The number of nitrogens with zero attached hydrogens (tertiary/aromatic N) is 1. The summed E-state index contributed by atoms with van der Waals surface area (Å²) in [5, 5.41) is 18.0. The lowest BCUT2D eigenvalue weighted by Crippen LogP contribution is -2.16. The highest BCUT2D eigenvalue weighted by Crippen LogP contribution is 2.40. The summed E-state index contributed by atoms with van der Waals surface area (Å²) in [6.45, 7) is 0. The first-order valence-electron chi connectivity index (χ1n) is 3.70. The minimum atomic E-state index is -2.05. The van der Waals surface area contributed by atoms with E-state index in [1.54, 1.807) is 0 Å². The van der Waals surface area contributed by atoms with Crippen LogP contribution in [0.3, 0.4) is 0 Å². The van der Waals surface area contributed by atoms with Gasteiger partial charge in [0.25, 0.3) is 0 Å². The van der Waals surface area contributed by atoms with E-state index in [-0.39, 0.29) is 0 Å². The highest BCUT2D eigenvalue weighted by Gasteiger charge is 2.32. The Labute approximate surface area is 97.6 Å². The molecule has 0 bridgehead atoms. The van der Waals surface area contributed by atoms with Gasteiger partial charge in [-0.25, -0.2) is 4.39 Å². The second-order valence-corrected chi connectivity index (χ2v) is 6.05. The van der Waals surface area contributed by atoms with Gasteiger partial charge in [-0.15, -0.1) is 0 Å². The number of alkyl halides is 3. The summed E-state index contributed by atoms with van der Waals surface area (Å²) < 4.78 is 11.1. The Bertz CT molecular complexity index is 353. The van der Waals surface area contributed by atoms with Crippen molar-refractivity contribution in [3.8, 4) is 6.07 Å². The molecule has 0 saturated heterocycles. The van der Waals surface area contributed by atoms with Crippen LogP contribution in [0.25, 0.3) is 0 Å². The fourth-order valence-electron chi connectivity index (χ4n) is 0.929. The van der Waals surface area contributed by atoms with Crippen LogP contribution < -0.4 is 0 Å². The van der Waals surface area contributed by atoms with Crippen LogP contribution >= 0.6 is 31.9 Å². The third-order valence-electron chi connectivity index (χ3n) is 1.67. The summed E-state index contributed by atoms with van der Waals surface area (Å²) in [6, 6.07) is 7.97. The summed E-state index contributed by atoms with van der Waals surface area (Å²) in [5.74, 6) is 0. The third-order valence-corrected chi connectivity index (χ3v) is 2.53. The molecule has 74 valence electrons. The summed E-state index contributed by atoms with van der Waals surface area (Å²) in [6.07, 6.45) is -1.32. The molecule has 5 heteroatoms. The number of benzene rings is 1. The maximum Gasteiger partial charge on any atom is 0.248 e. The molecule has 0 amide bonds. The largest absolute Gasteiger partial charge is 0.383 e. The molecule has 1 aromatic rings. The molecule has 0 radical (unpaired) electrons. The summed E-state index contributed by atoms with van der Waals surface area (Å²) >= 11 is 5.30. The Hall–Kier alpha value is -0.440. The van der Waals surface area contributed by atoms with E-state index in [4.69, 9.17) is 5.26 Å². The van der Waals surface area contributed by atoms with Gasteiger partial charge in [0, 0.05) is 0 Å². The molecular weight excluding hydrogens is 317 g/mol. The van der Waals surface area contributed by atoms with Gasteiger partial charge in [-0.1, -0.05) is 12.1 Å². The van der Waals surface area contributed by atoms with Crippen molar-refractivity contribution in [2.45, 2.75) is 9.59 Å². The number of nitriles is 1. The zero-order valence-corrected chi connectivity index (χ0v) is 10.1. The van der Waals surface area contributed by atoms with Gasteiger partial charge in [-0.2, -0.15) is 5.26 Å². The fraction of sp³-hybridized carbons (Fsp3) is 0.222. The molecule has 2 nitrogen and oxygen atoms in total. The molecule has 1 atom stereocenters. The molecule has 0 aromatic heterocycles. The molecule has 1 rings (SSSR count). The normalized spacial score (nSPS) is 13.4. The smallest absolute Gasteiger partial charge is 0.248 e. The minimum absolute atomic E-state index is 0.389. The van der Waals surface area contributed by atoms with E-state index >= 15 is 0 Å². The van der Waals surface area contributed by atoms with Crippen molar-refractivity contribution < 1.29 is 9.50 Å². The van der Waals surface area contributed by atoms with Gasteiger partial charge in [-0.3, -0.25) is 0 Å². The van der Waals surface area contributed by atoms with Crippen LogP contribution in [-0.4, -0.2) is 8.59 Å². The average molecular weight is 323 g/mol. The van der Waals surface area contributed by atoms with Crippen LogP contribution in [0.5, 0.6) is 0 Å². The molecule has 0 heterocycles. The first-order valence-corrected chi connectivity index (χ1v) is 5.28. The Morgan fingerprint density at radius 3 is 2.21 bits per heavy atom. The number of hydrogen-bond donors (Lipinski definition) is 1. The van der Waals surface area contributed by atoms with Gasteiger partial charge >= 0.3 is 0 Å². The highest BCUT2D eigenvalue weighted by atomic mass is 79.9. The van der Waals surface area contributed by atoms with E-state index in [1.165, 1.54) is 24.3 Å². The van der Waals surface area contributed by atoms with Crippen LogP contribution in [0.4, 0.5) is 4.39 Å². The van der Waals surface area contributed by atoms with E-state index in [2.05, 4.69) is 31.9 Å². The predicted octanol–water partition coefficient (Wildman–Crippen LogP) is 3.00. The highest BCUT2D eigenvalue weighted by molar-refractivity contribution is 9.25. The molecule has 0 aliphatic rings. The fourth-order valence-corrected chi connectivity index (χ4v) is 1.46. The average Bonchev–Trinajstić information content (AvgIpc) is 2.15. The number of aliphatic hydroxyl groups excluding tert-OH is 1. The van der Waals surface area contributed by atoms with Gasteiger partial charge in [0.05, 0.1) is 11.6 Å². The molecule has 1 N–H and O–H groups in total.